The first-order valence-electron chi connectivity index (χ1n) is 10.4. The van der Waals surface area contributed by atoms with Crippen LogP contribution in [0, 0.1) is 11.8 Å². The van der Waals surface area contributed by atoms with Crippen molar-refractivity contribution in [3.63, 3.8) is 0 Å². The lowest BCUT2D eigenvalue weighted by Gasteiger charge is -2.33. The van der Waals surface area contributed by atoms with Gasteiger partial charge in [-0.25, -0.2) is 4.79 Å². The van der Waals surface area contributed by atoms with Crippen LogP contribution < -0.4 is 10.2 Å². The molecule has 0 bridgehead atoms. The number of nitrogens with zero attached hydrogens (tertiary/aromatic N) is 2. The van der Waals surface area contributed by atoms with Crippen LogP contribution >= 0.6 is 0 Å². The molecule has 4 rings (SSSR count). The molecule has 2 fully saturated rings. The molecular formula is C24H27N3O4. The van der Waals surface area contributed by atoms with Crippen molar-refractivity contribution in [3.05, 3.63) is 65.7 Å². The van der Waals surface area contributed by atoms with Gasteiger partial charge in [0.1, 0.15) is 0 Å². The molecule has 1 N–H and O–H groups in total. The number of fused-ring (bicyclic) bond motifs is 1. The molecule has 0 spiro atoms. The molecule has 2 aliphatic heterocycles. The number of hydrogen-bond donors (Lipinski definition) is 1. The highest BCUT2D eigenvalue weighted by molar-refractivity contribution is 6.09. The molecule has 2 aromatic rings. The summed E-state index contributed by atoms with van der Waals surface area (Å²) in [4.78, 5) is 43.0. The molecule has 0 radical (unpaired) electrons. The van der Waals surface area contributed by atoms with Crippen molar-refractivity contribution >= 4 is 23.5 Å². The van der Waals surface area contributed by atoms with Gasteiger partial charge in [-0.3, -0.25) is 19.8 Å². The van der Waals surface area contributed by atoms with Gasteiger partial charge in [-0.15, -0.1) is 0 Å². The van der Waals surface area contributed by atoms with Crippen LogP contribution in [0.1, 0.15) is 24.1 Å². The van der Waals surface area contributed by atoms with Crippen LogP contribution in [-0.2, 0) is 24.7 Å². The second-order valence-corrected chi connectivity index (χ2v) is 8.24. The number of hydrogen-bond acceptors (Lipinski definition) is 6. The van der Waals surface area contributed by atoms with E-state index in [-0.39, 0.29) is 18.4 Å². The number of amides is 2. The SMILES string of the molecule is CCOC(=O)[C@@]1(c2ccccc2)N[C@@H](c2ccc(N(C)C)cc2)[C@H]2C(=O)N(C)C(=O)[C@@H]21. The van der Waals surface area contributed by atoms with E-state index in [0.29, 0.717) is 5.56 Å². The first-order chi connectivity index (χ1) is 14.8. The molecule has 162 valence electrons. The quantitative estimate of drug-likeness (QED) is 0.588. The van der Waals surface area contributed by atoms with Gasteiger partial charge in [-0.1, -0.05) is 42.5 Å². The minimum absolute atomic E-state index is 0.173. The second kappa shape index (κ2) is 7.81. The lowest BCUT2D eigenvalue weighted by Crippen LogP contribution is -2.53. The molecule has 7 heteroatoms. The van der Waals surface area contributed by atoms with E-state index in [1.807, 2.05) is 61.5 Å². The molecule has 31 heavy (non-hydrogen) atoms. The summed E-state index contributed by atoms with van der Waals surface area (Å²) in [5.41, 5.74) is 1.04. The maximum absolute atomic E-state index is 13.4. The number of anilines is 1. The monoisotopic (exact) mass is 421 g/mol. The van der Waals surface area contributed by atoms with E-state index in [1.165, 1.54) is 7.05 Å². The number of esters is 1. The Bertz CT molecular complexity index is 1010. The van der Waals surface area contributed by atoms with E-state index in [2.05, 4.69) is 5.32 Å². The van der Waals surface area contributed by atoms with Crippen LogP contribution in [0.5, 0.6) is 0 Å². The minimum Gasteiger partial charge on any atom is -0.464 e. The fourth-order valence-electron chi connectivity index (χ4n) is 4.83. The average Bonchev–Trinajstić information content (AvgIpc) is 3.25. The van der Waals surface area contributed by atoms with Crippen LogP contribution in [0.25, 0.3) is 0 Å². The van der Waals surface area contributed by atoms with Gasteiger partial charge in [0.15, 0.2) is 5.54 Å². The summed E-state index contributed by atoms with van der Waals surface area (Å²) in [7, 11) is 5.39. The van der Waals surface area contributed by atoms with Crippen molar-refractivity contribution in [1.82, 2.24) is 10.2 Å². The smallest absolute Gasteiger partial charge is 0.331 e. The third-order valence-corrected chi connectivity index (χ3v) is 6.38. The minimum atomic E-state index is -1.44. The van der Waals surface area contributed by atoms with Gasteiger partial charge < -0.3 is 9.64 Å². The van der Waals surface area contributed by atoms with Crippen LogP contribution in [-0.4, -0.2) is 50.4 Å². The number of rotatable bonds is 5. The van der Waals surface area contributed by atoms with Crippen LogP contribution in [0.4, 0.5) is 5.69 Å². The summed E-state index contributed by atoms with van der Waals surface area (Å²) in [6.45, 7) is 1.90. The van der Waals surface area contributed by atoms with E-state index in [0.717, 1.165) is 16.2 Å². The Hall–Kier alpha value is -3.19. The molecule has 2 heterocycles. The largest absolute Gasteiger partial charge is 0.464 e. The molecular weight excluding hydrogens is 394 g/mol. The van der Waals surface area contributed by atoms with Gasteiger partial charge >= 0.3 is 5.97 Å². The van der Waals surface area contributed by atoms with Crippen molar-refractivity contribution in [2.24, 2.45) is 11.8 Å². The van der Waals surface area contributed by atoms with Crippen LogP contribution in [0.2, 0.25) is 0 Å². The average molecular weight is 421 g/mol. The molecule has 0 unspecified atom stereocenters. The summed E-state index contributed by atoms with van der Waals surface area (Å²) in [5, 5.41) is 3.40. The van der Waals surface area contributed by atoms with Crippen LogP contribution in [0.3, 0.4) is 0 Å². The number of carbonyl (C=O) groups excluding carboxylic acids is 3. The zero-order valence-electron chi connectivity index (χ0n) is 18.2. The van der Waals surface area contributed by atoms with Crippen molar-refractivity contribution in [2.45, 2.75) is 18.5 Å². The maximum atomic E-state index is 13.4. The first kappa shape index (κ1) is 21.1. The number of nitrogens with one attached hydrogen (secondary N) is 1. The Morgan fingerprint density at radius 2 is 1.71 bits per heavy atom. The first-order valence-corrected chi connectivity index (χ1v) is 10.4. The van der Waals surface area contributed by atoms with E-state index < -0.39 is 29.4 Å². The highest BCUT2D eigenvalue weighted by Crippen LogP contribution is 2.53. The predicted molar refractivity (Wildman–Crippen MR) is 116 cm³/mol. The highest BCUT2D eigenvalue weighted by atomic mass is 16.5. The Morgan fingerprint density at radius 1 is 1.06 bits per heavy atom. The Kier molecular flexibility index (Phi) is 5.31. The standard InChI is InChI=1S/C24H27N3O4/c1-5-31-23(30)24(16-9-7-6-8-10-16)19-18(21(28)27(4)22(19)29)20(25-24)15-11-13-17(14-12-15)26(2)3/h6-14,18-20,25H,5H2,1-4H3/t18-,19+,20-,24-/m0/s1. The fourth-order valence-corrected chi connectivity index (χ4v) is 4.83. The Balaban J connectivity index is 1.89. The molecule has 2 aromatic carbocycles. The van der Waals surface area contributed by atoms with Crippen molar-refractivity contribution < 1.29 is 19.1 Å². The van der Waals surface area contributed by atoms with E-state index in [1.54, 1.807) is 19.1 Å². The molecule has 4 atom stereocenters. The third-order valence-electron chi connectivity index (χ3n) is 6.38. The predicted octanol–water partition coefficient (Wildman–Crippen LogP) is 2.09. The molecule has 2 saturated heterocycles. The number of carbonyl (C=O) groups is 3. The van der Waals surface area contributed by atoms with E-state index >= 15 is 0 Å². The summed E-state index contributed by atoms with van der Waals surface area (Å²) >= 11 is 0. The summed E-state index contributed by atoms with van der Waals surface area (Å²) < 4.78 is 5.46. The van der Waals surface area contributed by atoms with Gasteiger partial charge in [-0.05, 0) is 30.2 Å². The number of likely N-dealkylation sites (tertiary alicyclic amines) is 1. The molecule has 2 aliphatic rings. The fraction of sp³-hybridized carbons (Fsp3) is 0.375. The zero-order valence-corrected chi connectivity index (χ0v) is 18.2. The lowest BCUT2D eigenvalue weighted by atomic mass is 9.75. The number of ether oxygens (including phenoxy) is 1. The lowest BCUT2D eigenvalue weighted by molar-refractivity contribution is -0.156. The Labute approximate surface area is 182 Å². The van der Waals surface area contributed by atoms with Gasteiger partial charge in [0.2, 0.25) is 11.8 Å². The van der Waals surface area contributed by atoms with Crippen molar-refractivity contribution in [1.29, 1.82) is 0 Å². The number of benzene rings is 2. The van der Waals surface area contributed by atoms with E-state index in [4.69, 9.17) is 4.74 Å². The van der Waals surface area contributed by atoms with Gasteiger partial charge in [0.25, 0.3) is 0 Å². The highest BCUT2D eigenvalue weighted by Gasteiger charge is 2.69. The topological polar surface area (TPSA) is 79.0 Å². The van der Waals surface area contributed by atoms with Crippen LogP contribution in [0.15, 0.2) is 54.6 Å². The van der Waals surface area contributed by atoms with Gasteiger partial charge in [0, 0.05) is 32.9 Å². The maximum Gasteiger partial charge on any atom is 0.331 e. The third kappa shape index (κ3) is 3.11. The molecule has 2 amide bonds. The Morgan fingerprint density at radius 3 is 2.29 bits per heavy atom. The normalized spacial score (nSPS) is 27.4. The summed E-state index contributed by atoms with van der Waals surface area (Å²) in [6, 6.07) is 16.4. The molecule has 0 aromatic heterocycles. The summed E-state index contributed by atoms with van der Waals surface area (Å²) in [5.74, 6) is -2.78. The van der Waals surface area contributed by atoms with Gasteiger partial charge in [-0.2, -0.15) is 0 Å². The zero-order chi connectivity index (χ0) is 22.3. The molecule has 7 nitrogen and oxygen atoms in total. The van der Waals surface area contributed by atoms with Crippen molar-refractivity contribution in [3.8, 4) is 0 Å². The molecule has 0 saturated carbocycles. The van der Waals surface area contributed by atoms with E-state index in [9.17, 15) is 14.4 Å². The van der Waals surface area contributed by atoms with Crippen molar-refractivity contribution in [2.75, 3.05) is 32.6 Å². The van der Waals surface area contributed by atoms with Gasteiger partial charge in [0.05, 0.1) is 18.4 Å². The summed E-state index contributed by atoms with van der Waals surface area (Å²) in [6.07, 6.45) is 0. The second-order valence-electron chi connectivity index (χ2n) is 8.24. The number of imide groups is 1. The molecule has 0 aliphatic carbocycles.